The molecule has 1 fully saturated rings. The van der Waals surface area contributed by atoms with Crippen LogP contribution in [0.25, 0.3) is 0 Å². The van der Waals surface area contributed by atoms with E-state index in [2.05, 4.69) is 0 Å². The molecule has 0 aromatic carbocycles. The Balaban J connectivity index is 2.63. The lowest BCUT2D eigenvalue weighted by Gasteiger charge is -2.26. The molecule has 0 aromatic rings. The van der Waals surface area contributed by atoms with Crippen LogP contribution in [0.1, 0.15) is 19.8 Å². The Morgan fingerprint density at radius 3 is 2.20 bits per heavy atom. The van der Waals surface area contributed by atoms with Gasteiger partial charge in [0.05, 0.1) is 0 Å². The van der Waals surface area contributed by atoms with Crippen LogP contribution < -0.4 is 0 Å². The van der Waals surface area contributed by atoms with Crippen molar-refractivity contribution in [3.8, 4) is 0 Å². The van der Waals surface area contributed by atoms with Crippen LogP contribution in [0, 0.1) is 4.78 Å². The first kappa shape index (κ1) is 7.98. The summed E-state index contributed by atoms with van der Waals surface area (Å²) in [5.74, 6) is 0.472. The third kappa shape index (κ3) is 1.94. The van der Waals surface area contributed by atoms with E-state index in [0.717, 1.165) is 0 Å². The van der Waals surface area contributed by atoms with Gasteiger partial charge in [-0.15, -0.1) is 0 Å². The molecule has 0 aromatic heterocycles. The van der Waals surface area contributed by atoms with Crippen LogP contribution in [0.4, 0.5) is 4.39 Å². The van der Waals surface area contributed by atoms with Crippen molar-refractivity contribution in [3.63, 3.8) is 0 Å². The van der Waals surface area contributed by atoms with Gasteiger partial charge in [-0.2, -0.15) is 0 Å². The first-order chi connectivity index (χ1) is 4.41. The van der Waals surface area contributed by atoms with Crippen LogP contribution in [-0.4, -0.2) is 21.4 Å². The molecule has 0 amide bonds. The molecule has 4 heteroatoms. The maximum absolute atomic E-state index is 13.0. The molecule has 0 saturated carbocycles. The molecule has 1 heterocycles. The van der Waals surface area contributed by atoms with Gasteiger partial charge in [-0.25, -0.2) is 8.60 Å². The van der Waals surface area contributed by atoms with Crippen LogP contribution in [0.3, 0.4) is 0 Å². The lowest BCUT2D eigenvalue weighted by Crippen LogP contribution is -2.32. The van der Waals surface area contributed by atoms with E-state index < -0.39 is 15.4 Å². The molecule has 1 saturated heterocycles. The van der Waals surface area contributed by atoms with E-state index in [0.29, 0.717) is 0 Å². The fourth-order valence-electron chi connectivity index (χ4n) is 0.982. The van der Waals surface area contributed by atoms with Crippen molar-refractivity contribution in [2.45, 2.75) is 25.4 Å². The summed E-state index contributed by atoms with van der Waals surface area (Å²) in [5.41, 5.74) is -1.16. The Labute approximate surface area is 60.8 Å². The first-order valence-electron chi connectivity index (χ1n) is 3.34. The van der Waals surface area contributed by atoms with Crippen molar-refractivity contribution in [1.82, 2.24) is 0 Å². The van der Waals surface area contributed by atoms with Gasteiger partial charge in [-0.05, 0) is 19.8 Å². The monoisotopic (exact) mass is 165 g/mol. The largest absolute Gasteiger partial charge is 0.253 e. The van der Waals surface area contributed by atoms with E-state index in [-0.39, 0.29) is 24.3 Å². The second kappa shape index (κ2) is 2.19. The lowest BCUT2D eigenvalue weighted by molar-refractivity contribution is 0.174. The Morgan fingerprint density at radius 2 is 1.90 bits per heavy atom. The van der Waals surface area contributed by atoms with Gasteiger partial charge in [-0.1, -0.05) is 0 Å². The van der Waals surface area contributed by atoms with Crippen molar-refractivity contribution in [3.05, 3.63) is 0 Å². The normalized spacial score (nSPS) is 49.0. The number of alkyl halides is 1. The number of hydrogen-bond acceptors (Lipinski definition) is 2. The summed E-state index contributed by atoms with van der Waals surface area (Å²) < 4.78 is 31.2. The fraction of sp³-hybridized carbons (Fsp3) is 1.00. The zero-order valence-electron chi connectivity index (χ0n) is 6.02. The van der Waals surface area contributed by atoms with E-state index >= 15 is 0 Å². The molecular weight excluding hydrogens is 153 g/mol. The smallest absolute Gasteiger partial charge is 0.110 e. The predicted octanol–water partition coefficient (Wildman–Crippen LogP) is 1.56. The zero-order chi connectivity index (χ0) is 7.83. The van der Waals surface area contributed by atoms with E-state index in [1.807, 2.05) is 0 Å². The van der Waals surface area contributed by atoms with Crippen molar-refractivity contribution in [1.29, 1.82) is 4.78 Å². The summed E-state index contributed by atoms with van der Waals surface area (Å²) in [6, 6.07) is 0. The third-order valence-corrected chi connectivity index (χ3v) is 3.63. The molecule has 1 rings (SSSR count). The van der Waals surface area contributed by atoms with Crippen LogP contribution >= 0.6 is 0 Å². The molecule has 1 aliphatic rings. The van der Waals surface area contributed by atoms with Crippen LogP contribution in [0.5, 0.6) is 0 Å². The number of hydrogen-bond donors (Lipinski definition) is 1. The minimum absolute atomic E-state index is 0.236. The summed E-state index contributed by atoms with van der Waals surface area (Å²) in [5, 5.41) is 0. The highest BCUT2D eigenvalue weighted by molar-refractivity contribution is 7.92. The van der Waals surface area contributed by atoms with Gasteiger partial charge in [0.2, 0.25) is 0 Å². The summed E-state index contributed by atoms with van der Waals surface area (Å²) in [6.45, 7) is 1.52. The van der Waals surface area contributed by atoms with Crippen LogP contribution in [0.2, 0.25) is 0 Å². The average molecular weight is 165 g/mol. The summed E-state index contributed by atoms with van der Waals surface area (Å²) in [6.07, 6.45) is 0.574. The Hall–Kier alpha value is -0.120. The van der Waals surface area contributed by atoms with Crippen molar-refractivity contribution in [2.75, 3.05) is 11.5 Å². The summed E-state index contributed by atoms with van der Waals surface area (Å²) in [7, 11) is -2.39. The first-order valence-corrected chi connectivity index (χ1v) is 5.24. The Kier molecular flexibility index (Phi) is 1.75. The molecule has 1 N–H and O–H groups in total. The van der Waals surface area contributed by atoms with Gasteiger partial charge >= 0.3 is 0 Å². The van der Waals surface area contributed by atoms with Crippen LogP contribution in [-0.2, 0) is 9.73 Å². The highest BCUT2D eigenvalue weighted by atomic mass is 32.2. The van der Waals surface area contributed by atoms with Crippen LogP contribution in [0.15, 0.2) is 0 Å². The second-order valence-corrected chi connectivity index (χ2v) is 5.57. The average Bonchev–Trinajstić information content (AvgIpc) is 1.79. The van der Waals surface area contributed by atoms with Gasteiger partial charge in [-0.3, -0.25) is 4.78 Å². The fourth-order valence-corrected chi connectivity index (χ4v) is 2.70. The summed E-state index contributed by atoms with van der Waals surface area (Å²) >= 11 is 0. The molecule has 0 aliphatic carbocycles. The Morgan fingerprint density at radius 1 is 1.50 bits per heavy atom. The van der Waals surface area contributed by atoms with Gasteiger partial charge in [0.15, 0.2) is 0 Å². The molecule has 10 heavy (non-hydrogen) atoms. The predicted molar refractivity (Wildman–Crippen MR) is 39.3 cm³/mol. The molecular formula is C6H12FNOS. The zero-order valence-corrected chi connectivity index (χ0v) is 6.84. The highest BCUT2D eigenvalue weighted by Gasteiger charge is 2.30. The standard InChI is InChI=1S/C6H12FNOS/c1-6(7)2-4-10(8,9)5-3-6/h8H,2-5H2,1H3. The number of rotatable bonds is 0. The maximum Gasteiger partial charge on any atom is 0.110 e. The maximum atomic E-state index is 13.0. The molecule has 60 valence electrons. The van der Waals surface area contributed by atoms with Crippen molar-refractivity contribution in [2.24, 2.45) is 0 Å². The second-order valence-electron chi connectivity index (χ2n) is 3.13. The number of halogens is 1. The molecule has 0 spiro atoms. The van der Waals surface area contributed by atoms with Gasteiger partial charge in [0, 0.05) is 21.2 Å². The Bertz CT molecular complexity index is 204. The minimum atomic E-state index is -2.39. The molecule has 0 unspecified atom stereocenters. The van der Waals surface area contributed by atoms with E-state index in [1.165, 1.54) is 6.92 Å². The van der Waals surface area contributed by atoms with Gasteiger partial charge in [0.1, 0.15) is 5.67 Å². The number of nitrogens with one attached hydrogen (secondary N) is 1. The molecule has 2 nitrogen and oxygen atoms in total. The quantitative estimate of drug-likeness (QED) is 0.581. The van der Waals surface area contributed by atoms with E-state index in [1.54, 1.807) is 0 Å². The van der Waals surface area contributed by atoms with Gasteiger partial charge in [0.25, 0.3) is 0 Å². The molecule has 0 atom stereocenters. The topological polar surface area (TPSA) is 40.9 Å². The van der Waals surface area contributed by atoms with Gasteiger partial charge < -0.3 is 0 Å². The highest BCUT2D eigenvalue weighted by Crippen LogP contribution is 2.26. The molecule has 1 aliphatic heterocycles. The molecule has 0 bridgehead atoms. The third-order valence-electron chi connectivity index (χ3n) is 1.91. The lowest BCUT2D eigenvalue weighted by atomic mass is 10.0. The SMILES string of the molecule is CC1(F)CCS(=N)(=O)CC1. The molecule has 0 radical (unpaired) electrons. The summed E-state index contributed by atoms with van der Waals surface area (Å²) in [4.78, 5) is 0. The van der Waals surface area contributed by atoms with Crippen molar-refractivity contribution >= 4 is 9.73 Å². The van der Waals surface area contributed by atoms with Crippen molar-refractivity contribution < 1.29 is 8.60 Å². The van der Waals surface area contributed by atoms with E-state index in [9.17, 15) is 8.60 Å². The minimum Gasteiger partial charge on any atom is -0.253 e. The van der Waals surface area contributed by atoms with E-state index in [4.69, 9.17) is 4.78 Å².